The van der Waals surface area contributed by atoms with Crippen LogP contribution in [-0.2, 0) is 16.0 Å². The zero-order chi connectivity index (χ0) is 13.7. The third kappa shape index (κ3) is 4.10. The van der Waals surface area contributed by atoms with Gasteiger partial charge in [-0.05, 0) is 30.4 Å². The molecule has 0 saturated carbocycles. The molecule has 19 heavy (non-hydrogen) atoms. The van der Waals surface area contributed by atoms with Crippen molar-refractivity contribution in [2.45, 2.75) is 39.2 Å². The van der Waals surface area contributed by atoms with Crippen molar-refractivity contribution in [3.8, 4) is 0 Å². The van der Waals surface area contributed by atoms with Gasteiger partial charge in [0.15, 0.2) is 0 Å². The van der Waals surface area contributed by atoms with E-state index in [0.717, 1.165) is 31.6 Å². The number of nitrogens with one attached hydrogen (secondary N) is 1. The number of hydrogen-bond acceptors (Lipinski definition) is 3. The van der Waals surface area contributed by atoms with E-state index >= 15 is 0 Å². The molecule has 1 aromatic rings. The average Bonchev–Trinajstić information content (AvgIpc) is 3.04. The second-order valence-electron chi connectivity index (χ2n) is 5.56. The summed E-state index contributed by atoms with van der Waals surface area (Å²) in [7, 11) is 0. The highest BCUT2D eigenvalue weighted by molar-refractivity contribution is 5.76. The van der Waals surface area contributed by atoms with E-state index in [1.807, 2.05) is 6.07 Å². The second-order valence-corrected chi connectivity index (χ2v) is 5.56. The molecular formula is C15H23NO3. The topological polar surface area (TPSA) is 51.5 Å². The van der Waals surface area contributed by atoms with Crippen LogP contribution < -0.4 is 5.32 Å². The zero-order valence-electron chi connectivity index (χ0n) is 11.7. The molecule has 0 bridgehead atoms. The van der Waals surface area contributed by atoms with Crippen LogP contribution in [0.25, 0.3) is 0 Å². The highest BCUT2D eigenvalue weighted by Crippen LogP contribution is 2.26. The summed E-state index contributed by atoms with van der Waals surface area (Å²) in [6, 6.07) is 1.90. The van der Waals surface area contributed by atoms with E-state index < -0.39 is 0 Å². The molecule has 0 spiro atoms. The smallest absolute Gasteiger partial charge is 0.220 e. The maximum atomic E-state index is 11.8. The molecule has 1 aliphatic rings. The lowest BCUT2D eigenvalue weighted by Gasteiger charge is -2.22. The highest BCUT2D eigenvalue weighted by atomic mass is 16.5. The molecule has 2 heterocycles. The number of carbonyl (C=O) groups excluding carboxylic acids is 1. The highest BCUT2D eigenvalue weighted by Gasteiger charge is 2.30. The van der Waals surface area contributed by atoms with Gasteiger partial charge in [0.05, 0.1) is 18.6 Å². The first kappa shape index (κ1) is 14.1. The Bertz CT molecular complexity index is 386. The van der Waals surface area contributed by atoms with Gasteiger partial charge in [-0.1, -0.05) is 13.8 Å². The molecule has 1 amide bonds. The van der Waals surface area contributed by atoms with Gasteiger partial charge in [0.1, 0.15) is 0 Å². The molecule has 4 nitrogen and oxygen atoms in total. The predicted molar refractivity (Wildman–Crippen MR) is 72.7 cm³/mol. The molecule has 1 saturated heterocycles. The molecule has 106 valence electrons. The summed E-state index contributed by atoms with van der Waals surface area (Å²) >= 11 is 0. The summed E-state index contributed by atoms with van der Waals surface area (Å²) < 4.78 is 10.7. The van der Waals surface area contributed by atoms with E-state index in [1.54, 1.807) is 12.5 Å². The fourth-order valence-corrected chi connectivity index (χ4v) is 2.64. The molecule has 1 fully saturated rings. The number of carbonyl (C=O) groups is 1. The Morgan fingerprint density at radius 3 is 3.05 bits per heavy atom. The van der Waals surface area contributed by atoms with E-state index in [9.17, 15) is 4.79 Å². The Labute approximate surface area is 114 Å². The lowest BCUT2D eigenvalue weighted by atomic mass is 9.93. The first-order chi connectivity index (χ1) is 9.16. The first-order valence-corrected chi connectivity index (χ1v) is 7.06. The van der Waals surface area contributed by atoms with Crippen LogP contribution >= 0.6 is 0 Å². The Morgan fingerprint density at radius 1 is 1.53 bits per heavy atom. The van der Waals surface area contributed by atoms with Crippen molar-refractivity contribution in [2.75, 3.05) is 13.2 Å². The average molecular weight is 265 g/mol. The molecular weight excluding hydrogens is 242 g/mol. The Balaban J connectivity index is 1.68. The van der Waals surface area contributed by atoms with Gasteiger partial charge in [0.25, 0.3) is 0 Å². The molecule has 2 rings (SSSR count). The summed E-state index contributed by atoms with van der Waals surface area (Å²) in [4.78, 5) is 11.8. The van der Waals surface area contributed by atoms with Crippen LogP contribution in [0, 0.1) is 11.8 Å². The van der Waals surface area contributed by atoms with E-state index in [1.165, 1.54) is 0 Å². The lowest BCUT2D eigenvalue weighted by Crippen LogP contribution is -2.34. The van der Waals surface area contributed by atoms with Crippen molar-refractivity contribution in [1.29, 1.82) is 0 Å². The molecule has 1 aromatic heterocycles. The number of furan rings is 1. The minimum Gasteiger partial charge on any atom is -0.472 e. The molecule has 0 aromatic carbocycles. The van der Waals surface area contributed by atoms with Gasteiger partial charge < -0.3 is 14.5 Å². The first-order valence-electron chi connectivity index (χ1n) is 7.06. The summed E-state index contributed by atoms with van der Waals surface area (Å²) in [6.07, 6.45) is 5.90. The number of hydrogen-bond donors (Lipinski definition) is 1. The number of amides is 1. The molecule has 0 radical (unpaired) electrons. The zero-order valence-corrected chi connectivity index (χ0v) is 11.7. The van der Waals surface area contributed by atoms with Gasteiger partial charge in [-0.15, -0.1) is 0 Å². The van der Waals surface area contributed by atoms with Crippen LogP contribution in [0.1, 0.15) is 32.3 Å². The van der Waals surface area contributed by atoms with E-state index in [4.69, 9.17) is 9.15 Å². The van der Waals surface area contributed by atoms with Crippen molar-refractivity contribution in [2.24, 2.45) is 11.8 Å². The molecule has 1 aliphatic heterocycles. The van der Waals surface area contributed by atoms with Crippen LogP contribution in [0.4, 0.5) is 0 Å². The SMILES string of the molecule is CC(C)[C@H]1OCC[C@@H]1CNC(=O)CCc1ccoc1. The second kappa shape index (κ2) is 6.75. The third-order valence-corrected chi connectivity index (χ3v) is 3.70. The summed E-state index contributed by atoms with van der Waals surface area (Å²) in [5, 5.41) is 3.02. The number of ether oxygens (including phenoxy) is 1. The van der Waals surface area contributed by atoms with E-state index in [2.05, 4.69) is 19.2 Å². The Morgan fingerprint density at radius 2 is 2.37 bits per heavy atom. The van der Waals surface area contributed by atoms with E-state index in [-0.39, 0.29) is 12.0 Å². The normalized spacial score (nSPS) is 22.9. The van der Waals surface area contributed by atoms with Crippen LogP contribution in [0.5, 0.6) is 0 Å². The predicted octanol–water partition coefficient (Wildman–Crippen LogP) is 2.39. The minimum absolute atomic E-state index is 0.107. The standard InChI is InChI=1S/C15H23NO3/c1-11(2)15-13(6-8-19-15)9-16-14(17)4-3-12-5-7-18-10-12/h5,7,10-11,13,15H,3-4,6,8-9H2,1-2H3,(H,16,17)/t13-,15-/m1/s1. The molecule has 0 unspecified atom stereocenters. The van der Waals surface area contributed by atoms with Crippen molar-refractivity contribution in [3.05, 3.63) is 24.2 Å². The lowest BCUT2D eigenvalue weighted by molar-refractivity contribution is -0.121. The minimum atomic E-state index is 0.107. The van der Waals surface area contributed by atoms with Gasteiger partial charge in [0, 0.05) is 25.5 Å². The Hall–Kier alpha value is -1.29. The summed E-state index contributed by atoms with van der Waals surface area (Å²) in [5.41, 5.74) is 1.07. The van der Waals surface area contributed by atoms with Crippen LogP contribution in [0.2, 0.25) is 0 Å². The van der Waals surface area contributed by atoms with Crippen molar-refractivity contribution in [1.82, 2.24) is 5.32 Å². The van der Waals surface area contributed by atoms with Gasteiger partial charge in [-0.25, -0.2) is 0 Å². The molecule has 2 atom stereocenters. The quantitative estimate of drug-likeness (QED) is 0.859. The number of rotatable bonds is 6. The maximum Gasteiger partial charge on any atom is 0.220 e. The fraction of sp³-hybridized carbons (Fsp3) is 0.667. The van der Waals surface area contributed by atoms with Crippen molar-refractivity contribution < 1.29 is 13.9 Å². The molecule has 4 heteroatoms. The number of aryl methyl sites for hydroxylation is 1. The Kier molecular flexibility index (Phi) is 5.02. The largest absolute Gasteiger partial charge is 0.472 e. The monoisotopic (exact) mass is 265 g/mol. The summed E-state index contributed by atoms with van der Waals surface area (Å²) in [6.45, 7) is 5.89. The van der Waals surface area contributed by atoms with Crippen LogP contribution in [0.15, 0.2) is 23.0 Å². The van der Waals surface area contributed by atoms with Gasteiger partial charge >= 0.3 is 0 Å². The fourth-order valence-electron chi connectivity index (χ4n) is 2.64. The van der Waals surface area contributed by atoms with Crippen LogP contribution in [0.3, 0.4) is 0 Å². The van der Waals surface area contributed by atoms with E-state index in [0.29, 0.717) is 18.3 Å². The third-order valence-electron chi connectivity index (χ3n) is 3.70. The molecule has 0 aliphatic carbocycles. The maximum absolute atomic E-state index is 11.8. The van der Waals surface area contributed by atoms with Gasteiger partial charge in [-0.3, -0.25) is 4.79 Å². The van der Waals surface area contributed by atoms with Gasteiger partial charge in [0.2, 0.25) is 5.91 Å². The van der Waals surface area contributed by atoms with Crippen molar-refractivity contribution >= 4 is 5.91 Å². The molecule has 1 N–H and O–H groups in total. The summed E-state index contributed by atoms with van der Waals surface area (Å²) in [5.74, 6) is 1.07. The van der Waals surface area contributed by atoms with Crippen molar-refractivity contribution in [3.63, 3.8) is 0 Å². The van der Waals surface area contributed by atoms with Gasteiger partial charge in [-0.2, -0.15) is 0 Å². The van der Waals surface area contributed by atoms with Crippen LogP contribution in [-0.4, -0.2) is 25.2 Å².